The SMILES string of the molecule is Cc1ccc(-c2nc3cc(C)[nH]n3c2NC2CCCCC2)cc1. The van der Waals surface area contributed by atoms with E-state index in [-0.39, 0.29) is 0 Å². The van der Waals surface area contributed by atoms with Gasteiger partial charge in [0.1, 0.15) is 5.69 Å². The number of hydrogen-bond acceptors (Lipinski definition) is 2. The van der Waals surface area contributed by atoms with Gasteiger partial charge in [-0.25, -0.2) is 9.50 Å². The summed E-state index contributed by atoms with van der Waals surface area (Å²) in [5.74, 6) is 1.10. The molecule has 0 unspecified atom stereocenters. The first-order chi connectivity index (χ1) is 11.2. The van der Waals surface area contributed by atoms with Crippen LogP contribution < -0.4 is 5.32 Å². The van der Waals surface area contributed by atoms with Crippen LogP contribution in [0.2, 0.25) is 0 Å². The molecule has 1 aliphatic carbocycles. The largest absolute Gasteiger partial charge is 0.365 e. The molecule has 1 saturated carbocycles. The number of nitrogens with one attached hydrogen (secondary N) is 2. The number of rotatable bonds is 3. The van der Waals surface area contributed by atoms with E-state index in [1.165, 1.54) is 43.2 Å². The predicted octanol–water partition coefficient (Wildman–Crippen LogP) is 4.69. The van der Waals surface area contributed by atoms with Gasteiger partial charge in [0, 0.05) is 23.4 Å². The highest BCUT2D eigenvalue weighted by Crippen LogP contribution is 2.31. The molecule has 1 fully saturated rings. The molecule has 120 valence electrons. The van der Waals surface area contributed by atoms with Gasteiger partial charge in [-0.3, -0.25) is 5.10 Å². The normalized spacial score (nSPS) is 16.1. The molecule has 0 aliphatic heterocycles. The van der Waals surface area contributed by atoms with Gasteiger partial charge in [-0.15, -0.1) is 0 Å². The molecular formula is C19H24N4. The third-order valence-corrected chi connectivity index (χ3v) is 4.81. The summed E-state index contributed by atoms with van der Waals surface area (Å²) in [7, 11) is 0. The molecule has 4 rings (SSSR count). The number of nitrogens with zero attached hydrogens (tertiary/aromatic N) is 2. The highest BCUT2D eigenvalue weighted by molar-refractivity contribution is 5.76. The Hall–Kier alpha value is -2.23. The molecule has 0 spiro atoms. The van der Waals surface area contributed by atoms with Crippen LogP contribution in [0.3, 0.4) is 0 Å². The molecule has 4 heteroatoms. The van der Waals surface area contributed by atoms with E-state index in [1.807, 2.05) is 0 Å². The van der Waals surface area contributed by atoms with Gasteiger partial charge in [0.2, 0.25) is 0 Å². The van der Waals surface area contributed by atoms with Gasteiger partial charge in [-0.1, -0.05) is 49.1 Å². The number of aromatic nitrogens is 3. The minimum atomic E-state index is 0.552. The number of fused-ring (bicyclic) bond motifs is 1. The Labute approximate surface area is 136 Å². The number of anilines is 1. The molecule has 23 heavy (non-hydrogen) atoms. The maximum absolute atomic E-state index is 4.87. The zero-order valence-corrected chi connectivity index (χ0v) is 13.9. The van der Waals surface area contributed by atoms with E-state index in [4.69, 9.17) is 4.98 Å². The lowest BCUT2D eigenvalue weighted by molar-refractivity contribution is 0.461. The second-order valence-electron chi connectivity index (χ2n) is 6.79. The Kier molecular flexibility index (Phi) is 3.60. The standard InChI is InChI=1S/C19H24N4/c1-13-8-10-15(11-9-13)18-19(20-16-6-4-3-5-7-16)23-17(21-18)12-14(2)22-23/h8-12,16,20,22H,3-7H2,1-2H3. The Morgan fingerprint density at radius 1 is 1.09 bits per heavy atom. The number of imidazole rings is 1. The van der Waals surface area contributed by atoms with Gasteiger partial charge in [-0.05, 0) is 26.7 Å². The minimum Gasteiger partial charge on any atom is -0.365 e. The van der Waals surface area contributed by atoms with E-state index in [0.717, 1.165) is 22.9 Å². The lowest BCUT2D eigenvalue weighted by Gasteiger charge is -2.23. The Morgan fingerprint density at radius 2 is 1.83 bits per heavy atom. The van der Waals surface area contributed by atoms with Crippen LogP contribution >= 0.6 is 0 Å². The van der Waals surface area contributed by atoms with Crippen molar-refractivity contribution in [3.63, 3.8) is 0 Å². The van der Waals surface area contributed by atoms with Crippen LogP contribution in [0.15, 0.2) is 30.3 Å². The van der Waals surface area contributed by atoms with Crippen LogP contribution in [0.25, 0.3) is 16.9 Å². The van der Waals surface area contributed by atoms with E-state index < -0.39 is 0 Å². The molecule has 4 nitrogen and oxygen atoms in total. The number of benzene rings is 1. The van der Waals surface area contributed by atoms with Crippen LogP contribution in [0, 0.1) is 13.8 Å². The first-order valence-corrected chi connectivity index (χ1v) is 8.62. The molecule has 3 aromatic rings. The molecule has 1 aliphatic rings. The highest BCUT2D eigenvalue weighted by atomic mass is 15.3. The average Bonchev–Trinajstić information content (AvgIpc) is 3.07. The number of H-pyrrole nitrogens is 1. The maximum atomic E-state index is 4.87. The monoisotopic (exact) mass is 308 g/mol. The third kappa shape index (κ3) is 2.74. The molecule has 0 saturated heterocycles. The first kappa shape index (κ1) is 14.4. The summed E-state index contributed by atoms with van der Waals surface area (Å²) in [5.41, 5.74) is 5.60. The Morgan fingerprint density at radius 3 is 2.57 bits per heavy atom. The summed E-state index contributed by atoms with van der Waals surface area (Å²) in [5, 5.41) is 7.18. The van der Waals surface area contributed by atoms with Crippen LogP contribution in [0.5, 0.6) is 0 Å². The van der Waals surface area contributed by atoms with Crippen molar-refractivity contribution in [1.82, 2.24) is 14.6 Å². The average molecular weight is 308 g/mol. The van der Waals surface area contributed by atoms with Gasteiger partial charge in [0.05, 0.1) is 0 Å². The van der Waals surface area contributed by atoms with Gasteiger partial charge in [0.25, 0.3) is 0 Å². The van der Waals surface area contributed by atoms with Gasteiger partial charge < -0.3 is 5.32 Å². The summed E-state index contributed by atoms with van der Waals surface area (Å²) < 4.78 is 2.10. The molecule has 2 heterocycles. The topological polar surface area (TPSA) is 45.1 Å². The lowest BCUT2D eigenvalue weighted by atomic mass is 9.95. The Balaban J connectivity index is 1.77. The number of aryl methyl sites for hydroxylation is 2. The minimum absolute atomic E-state index is 0.552. The van der Waals surface area contributed by atoms with Crippen molar-refractivity contribution in [2.24, 2.45) is 0 Å². The zero-order valence-electron chi connectivity index (χ0n) is 13.9. The molecule has 0 radical (unpaired) electrons. The van der Waals surface area contributed by atoms with Crippen molar-refractivity contribution >= 4 is 11.5 Å². The molecule has 2 N–H and O–H groups in total. The van der Waals surface area contributed by atoms with Gasteiger partial charge in [0.15, 0.2) is 11.5 Å². The van der Waals surface area contributed by atoms with Crippen LogP contribution in [0.1, 0.15) is 43.4 Å². The van der Waals surface area contributed by atoms with E-state index >= 15 is 0 Å². The molecular weight excluding hydrogens is 284 g/mol. The van der Waals surface area contributed by atoms with E-state index in [2.05, 4.69) is 59.1 Å². The summed E-state index contributed by atoms with van der Waals surface area (Å²) >= 11 is 0. The van der Waals surface area contributed by atoms with Crippen molar-refractivity contribution < 1.29 is 0 Å². The first-order valence-electron chi connectivity index (χ1n) is 8.62. The summed E-state index contributed by atoms with van der Waals surface area (Å²) in [4.78, 5) is 4.87. The van der Waals surface area contributed by atoms with Crippen molar-refractivity contribution in [1.29, 1.82) is 0 Å². The molecule has 0 atom stereocenters. The van der Waals surface area contributed by atoms with Crippen molar-refractivity contribution in [2.45, 2.75) is 52.0 Å². The fourth-order valence-corrected chi connectivity index (χ4v) is 3.54. The molecule has 2 aromatic heterocycles. The third-order valence-electron chi connectivity index (χ3n) is 4.81. The van der Waals surface area contributed by atoms with Crippen molar-refractivity contribution in [2.75, 3.05) is 5.32 Å². The van der Waals surface area contributed by atoms with E-state index in [0.29, 0.717) is 6.04 Å². The van der Waals surface area contributed by atoms with Gasteiger partial charge >= 0.3 is 0 Å². The summed E-state index contributed by atoms with van der Waals surface area (Å²) in [6, 6.07) is 11.3. The van der Waals surface area contributed by atoms with Gasteiger partial charge in [-0.2, -0.15) is 0 Å². The highest BCUT2D eigenvalue weighted by Gasteiger charge is 2.20. The molecule has 1 aromatic carbocycles. The number of aromatic amines is 1. The zero-order chi connectivity index (χ0) is 15.8. The van der Waals surface area contributed by atoms with Crippen molar-refractivity contribution in [3.8, 4) is 11.3 Å². The van der Waals surface area contributed by atoms with Crippen LogP contribution in [-0.4, -0.2) is 20.6 Å². The van der Waals surface area contributed by atoms with Crippen molar-refractivity contribution in [3.05, 3.63) is 41.6 Å². The van der Waals surface area contributed by atoms with Crippen LogP contribution in [0.4, 0.5) is 5.82 Å². The van der Waals surface area contributed by atoms with E-state index in [1.54, 1.807) is 0 Å². The Bertz CT molecular complexity index is 804. The predicted molar refractivity (Wildman–Crippen MR) is 94.9 cm³/mol. The quantitative estimate of drug-likeness (QED) is 0.737. The molecule has 0 amide bonds. The summed E-state index contributed by atoms with van der Waals surface area (Å²) in [6.45, 7) is 4.19. The smallest absolute Gasteiger partial charge is 0.156 e. The van der Waals surface area contributed by atoms with Crippen LogP contribution in [-0.2, 0) is 0 Å². The summed E-state index contributed by atoms with van der Waals surface area (Å²) in [6.07, 6.45) is 6.51. The van der Waals surface area contributed by atoms with E-state index in [9.17, 15) is 0 Å². The fraction of sp³-hybridized carbons (Fsp3) is 0.421. The second kappa shape index (κ2) is 5.76. The fourth-order valence-electron chi connectivity index (χ4n) is 3.54. The maximum Gasteiger partial charge on any atom is 0.156 e. The molecule has 0 bridgehead atoms. The second-order valence-corrected chi connectivity index (χ2v) is 6.79. The lowest BCUT2D eigenvalue weighted by Crippen LogP contribution is -2.23. The number of hydrogen-bond donors (Lipinski definition) is 2.